The van der Waals surface area contributed by atoms with E-state index in [-0.39, 0.29) is 5.91 Å². The maximum atomic E-state index is 11.5. The third-order valence-corrected chi connectivity index (χ3v) is 1.88. The lowest BCUT2D eigenvalue weighted by Crippen LogP contribution is -2.27. The Kier molecular flexibility index (Phi) is 4.56. The minimum absolute atomic E-state index is 0.185. The van der Waals surface area contributed by atoms with Crippen LogP contribution in [0.1, 0.15) is 10.5 Å². The summed E-state index contributed by atoms with van der Waals surface area (Å²) >= 11 is 0. The monoisotopic (exact) mass is 209 g/mol. The first kappa shape index (κ1) is 11.5. The van der Waals surface area contributed by atoms with Crippen molar-refractivity contribution in [2.24, 2.45) is 0 Å². The molecule has 0 fully saturated rings. The summed E-state index contributed by atoms with van der Waals surface area (Å²) in [4.78, 5) is 15.5. The summed E-state index contributed by atoms with van der Waals surface area (Å²) in [5.74, 6) is -0.185. The molecule has 0 aliphatic carbocycles. The molecule has 0 atom stereocenters. The predicted molar refractivity (Wildman–Crippen MR) is 58.0 cm³/mol. The molecule has 0 aliphatic rings. The molecule has 0 unspecified atom stereocenters. The molecule has 15 heavy (non-hydrogen) atoms. The van der Waals surface area contributed by atoms with Crippen molar-refractivity contribution in [3.8, 4) is 0 Å². The highest BCUT2D eigenvalue weighted by Gasteiger charge is 2.05. The van der Waals surface area contributed by atoms with Gasteiger partial charge in [0.2, 0.25) is 0 Å². The molecule has 5 nitrogen and oxygen atoms in total. The van der Waals surface area contributed by atoms with Crippen LogP contribution in [0.4, 0.5) is 5.69 Å². The maximum Gasteiger partial charge on any atom is 0.269 e. The zero-order valence-electron chi connectivity index (χ0n) is 8.91. The van der Waals surface area contributed by atoms with Crippen LogP contribution in [0.2, 0.25) is 0 Å². The smallest absolute Gasteiger partial charge is 0.269 e. The van der Waals surface area contributed by atoms with Gasteiger partial charge in [0.15, 0.2) is 0 Å². The van der Waals surface area contributed by atoms with Crippen molar-refractivity contribution in [1.29, 1.82) is 0 Å². The van der Waals surface area contributed by atoms with E-state index in [1.165, 1.54) is 0 Å². The average molecular weight is 209 g/mol. The van der Waals surface area contributed by atoms with Crippen molar-refractivity contribution in [2.75, 3.05) is 32.6 Å². The first-order chi connectivity index (χ1) is 7.27. The highest BCUT2D eigenvalue weighted by Crippen LogP contribution is 2.04. The van der Waals surface area contributed by atoms with E-state index in [4.69, 9.17) is 4.74 Å². The maximum absolute atomic E-state index is 11.5. The minimum atomic E-state index is -0.185. The van der Waals surface area contributed by atoms with Crippen LogP contribution >= 0.6 is 0 Å². The summed E-state index contributed by atoms with van der Waals surface area (Å²) in [5, 5.41) is 5.62. The fourth-order valence-electron chi connectivity index (χ4n) is 1.03. The van der Waals surface area contributed by atoms with Crippen LogP contribution < -0.4 is 10.6 Å². The highest BCUT2D eigenvalue weighted by molar-refractivity contribution is 5.92. The standard InChI is InChI=1S/C10H15N3O2/c1-11-8-3-4-9(13-7-8)10(14)12-5-6-15-2/h3-4,7,11H,5-6H2,1-2H3,(H,12,14). The summed E-state index contributed by atoms with van der Waals surface area (Å²) in [5.41, 5.74) is 1.29. The number of hydrogen-bond acceptors (Lipinski definition) is 4. The van der Waals surface area contributed by atoms with Gasteiger partial charge in [-0.3, -0.25) is 4.79 Å². The van der Waals surface area contributed by atoms with Crippen molar-refractivity contribution in [2.45, 2.75) is 0 Å². The largest absolute Gasteiger partial charge is 0.387 e. The molecule has 82 valence electrons. The number of anilines is 1. The molecule has 0 saturated heterocycles. The van der Waals surface area contributed by atoms with Crippen molar-refractivity contribution in [1.82, 2.24) is 10.3 Å². The number of ether oxygens (including phenoxy) is 1. The van der Waals surface area contributed by atoms with Crippen LogP contribution in [0.3, 0.4) is 0 Å². The third kappa shape index (κ3) is 3.55. The summed E-state index contributed by atoms with van der Waals surface area (Å²) in [6.45, 7) is 0.991. The Morgan fingerprint density at radius 2 is 2.33 bits per heavy atom. The summed E-state index contributed by atoms with van der Waals surface area (Å²) in [6.07, 6.45) is 1.62. The van der Waals surface area contributed by atoms with E-state index >= 15 is 0 Å². The van der Waals surface area contributed by atoms with E-state index < -0.39 is 0 Å². The Hall–Kier alpha value is -1.62. The van der Waals surface area contributed by atoms with Gasteiger partial charge in [-0.1, -0.05) is 0 Å². The zero-order chi connectivity index (χ0) is 11.1. The molecule has 1 heterocycles. The van der Waals surface area contributed by atoms with Gasteiger partial charge in [0.05, 0.1) is 18.5 Å². The van der Waals surface area contributed by atoms with Gasteiger partial charge in [0.25, 0.3) is 5.91 Å². The molecule has 0 aromatic carbocycles. The molecular formula is C10H15N3O2. The number of nitrogens with one attached hydrogen (secondary N) is 2. The molecule has 2 N–H and O–H groups in total. The van der Waals surface area contributed by atoms with Crippen LogP contribution in [-0.2, 0) is 4.74 Å². The SMILES string of the molecule is CNc1ccc(C(=O)NCCOC)nc1. The van der Waals surface area contributed by atoms with Crippen molar-refractivity contribution >= 4 is 11.6 Å². The fraction of sp³-hybridized carbons (Fsp3) is 0.400. The predicted octanol–water partition coefficient (Wildman–Crippen LogP) is 0.499. The first-order valence-corrected chi connectivity index (χ1v) is 4.69. The minimum Gasteiger partial charge on any atom is -0.387 e. The van der Waals surface area contributed by atoms with Crippen LogP contribution in [0, 0.1) is 0 Å². The van der Waals surface area contributed by atoms with Crippen molar-refractivity contribution in [3.63, 3.8) is 0 Å². The molecule has 0 radical (unpaired) electrons. The van der Waals surface area contributed by atoms with Gasteiger partial charge >= 0.3 is 0 Å². The van der Waals surface area contributed by atoms with E-state index in [1.54, 1.807) is 32.5 Å². The summed E-state index contributed by atoms with van der Waals surface area (Å²) < 4.78 is 4.82. The number of rotatable bonds is 5. The first-order valence-electron chi connectivity index (χ1n) is 4.69. The number of carbonyl (C=O) groups excluding carboxylic acids is 1. The Morgan fingerprint density at radius 3 is 2.87 bits per heavy atom. The number of hydrogen-bond donors (Lipinski definition) is 2. The van der Waals surface area contributed by atoms with E-state index in [2.05, 4.69) is 15.6 Å². The summed E-state index contributed by atoms with van der Waals surface area (Å²) in [6, 6.07) is 3.48. The van der Waals surface area contributed by atoms with E-state index in [1.807, 2.05) is 0 Å². The lowest BCUT2D eigenvalue weighted by Gasteiger charge is -2.04. The third-order valence-electron chi connectivity index (χ3n) is 1.88. The van der Waals surface area contributed by atoms with Gasteiger partial charge in [-0.15, -0.1) is 0 Å². The topological polar surface area (TPSA) is 63.2 Å². The molecule has 1 aromatic rings. The van der Waals surface area contributed by atoms with Gasteiger partial charge < -0.3 is 15.4 Å². The number of amides is 1. The van der Waals surface area contributed by atoms with Crippen molar-refractivity contribution in [3.05, 3.63) is 24.0 Å². The van der Waals surface area contributed by atoms with Crippen LogP contribution in [-0.4, -0.2) is 38.2 Å². The Morgan fingerprint density at radius 1 is 1.53 bits per heavy atom. The molecule has 0 bridgehead atoms. The number of nitrogens with zero attached hydrogens (tertiary/aromatic N) is 1. The van der Waals surface area contributed by atoms with Gasteiger partial charge in [0, 0.05) is 20.7 Å². The normalized spacial score (nSPS) is 9.73. The quantitative estimate of drug-likeness (QED) is 0.693. The van der Waals surface area contributed by atoms with Crippen LogP contribution in [0.5, 0.6) is 0 Å². The second kappa shape index (κ2) is 5.98. The fourth-order valence-corrected chi connectivity index (χ4v) is 1.03. The number of carbonyl (C=O) groups is 1. The molecular weight excluding hydrogens is 194 g/mol. The highest BCUT2D eigenvalue weighted by atomic mass is 16.5. The van der Waals surface area contributed by atoms with Gasteiger partial charge in [-0.2, -0.15) is 0 Å². The molecule has 1 amide bonds. The number of pyridine rings is 1. The Bertz CT molecular complexity index is 311. The zero-order valence-corrected chi connectivity index (χ0v) is 8.91. The second-order valence-electron chi connectivity index (χ2n) is 2.93. The van der Waals surface area contributed by atoms with Gasteiger partial charge in [-0.25, -0.2) is 4.98 Å². The number of methoxy groups -OCH3 is 1. The lowest BCUT2D eigenvalue weighted by atomic mass is 10.3. The molecule has 0 saturated carbocycles. The molecule has 0 aliphatic heterocycles. The Balaban J connectivity index is 2.50. The summed E-state index contributed by atoms with van der Waals surface area (Å²) in [7, 11) is 3.39. The Labute approximate surface area is 88.9 Å². The molecule has 1 aromatic heterocycles. The molecule has 5 heteroatoms. The van der Waals surface area contributed by atoms with Crippen LogP contribution in [0.25, 0.3) is 0 Å². The van der Waals surface area contributed by atoms with Gasteiger partial charge in [0.1, 0.15) is 5.69 Å². The van der Waals surface area contributed by atoms with E-state index in [9.17, 15) is 4.79 Å². The van der Waals surface area contributed by atoms with E-state index in [0.29, 0.717) is 18.8 Å². The molecule has 0 spiro atoms. The van der Waals surface area contributed by atoms with E-state index in [0.717, 1.165) is 5.69 Å². The van der Waals surface area contributed by atoms with Crippen molar-refractivity contribution < 1.29 is 9.53 Å². The molecule has 1 rings (SSSR count). The van der Waals surface area contributed by atoms with Crippen LogP contribution in [0.15, 0.2) is 18.3 Å². The van der Waals surface area contributed by atoms with Gasteiger partial charge in [-0.05, 0) is 12.1 Å². The second-order valence-corrected chi connectivity index (χ2v) is 2.93. The average Bonchev–Trinajstić information content (AvgIpc) is 2.29. The lowest BCUT2D eigenvalue weighted by molar-refractivity contribution is 0.0932. The number of aromatic nitrogens is 1.